The molecule has 0 fully saturated rings. The Morgan fingerprint density at radius 2 is 1.88 bits per heavy atom. The molecule has 0 atom stereocenters. The summed E-state index contributed by atoms with van der Waals surface area (Å²) in [6.07, 6.45) is 0.491. The predicted molar refractivity (Wildman–Crippen MR) is 61.7 cm³/mol. The number of hydrogen-bond donors (Lipinski definition) is 3. The fourth-order valence-corrected chi connectivity index (χ4v) is 2.25. The number of carbonyl (C=O) groups is 1. The van der Waals surface area contributed by atoms with Gasteiger partial charge in [0.1, 0.15) is 5.75 Å². The van der Waals surface area contributed by atoms with Gasteiger partial charge in [0.25, 0.3) is 0 Å². The van der Waals surface area contributed by atoms with Crippen LogP contribution in [0.15, 0.2) is 29.2 Å². The van der Waals surface area contributed by atoms with Crippen LogP contribution in [0.25, 0.3) is 0 Å². The summed E-state index contributed by atoms with van der Waals surface area (Å²) in [5.41, 5.74) is 4.93. The van der Waals surface area contributed by atoms with E-state index in [0.717, 1.165) is 0 Å². The lowest BCUT2D eigenvalue weighted by molar-refractivity contribution is -0.118. The maximum Gasteiger partial charge on any atom is 0.240 e. The van der Waals surface area contributed by atoms with Crippen LogP contribution < -0.4 is 10.5 Å². The second kappa shape index (κ2) is 5.65. The van der Waals surface area contributed by atoms with E-state index in [-0.39, 0.29) is 23.6 Å². The number of carbonyl (C=O) groups excluding carboxylic acids is 1. The van der Waals surface area contributed by atoms with E-state index in [2.05, 4.69) is 4.72 Å². The quantitative estimate of drug-likeness (QED) is 0.621. The summed E-state index contributed by atoms with van der Waals surface area (Å²) in [6.45, 7) is 0.145. The van der Waals surface area contributed by atoms with Gasteiger partial charge in [-0.15, -0.1) is 0 Å². The maximum atomic E-state index is 11.7. The number of primary amides is 1. The van der Waals surface area contributed by atoms with E-state index in [1.54, 1.807) is 0 Å². The Bertz CT molecular complexity index is 482. The number of sulfonamides is 1. The summed E-state index contributed by atoms with van der Waals surface area (Å²) >= 11 is 0. The number of aromatic hydroxyl groups is 1. The highest BCUT2D eigenvalue weighted by Gasteiger charge is 2.12. The SMILES string of the molecule is NC(=O)CCCNS(=O)(=O)c1ccc(O)cc1. The van der Waals surface area contributed by atoms with Gasteiger partial charge in [0.2, 0.25) is 15.9 Å². The fourth-order valence-electron chi connectivity index (χ4n) is 1.18. The molecule has 0 aliphatic heterocycles. The van der Waals surface area contributed by atoms with Crippen molar-refractivity contribution in [3.05, 3.63) is 24.3 Å². The van der Waals surface area contributed by atoms with Crippen LogP contribution in [0.1, 0.15) is 12.8 Å². The summed E-state index contributed by atoms with van der Waals surface area (Å²) in [5.74, 6) is -0.466. The van der Waals surface area contributed by atoms with E-state index in [4.69, 9.17) is 10.8 Å². The molecule has 0 aromatic heterocycles. The monoisotopic (exact) mass is 258 g/mol. The van der Waals surface area contributed by atoms with Gasteiger partial charge < -0.3 is 10.8 Å². The molecule has 0 saturated heterocycles. The van der Waals surface area contributed by atoms with Crippen LogP contribution in [-0.4, -0.2) is 26.0 Å². The average Bonchev–Trinajstić information content (AvgIpc) is 2.25. The lowest BCUT2D eigenvalue weighted by Gasteiger charge is -2.05. The largest absolute Gasteiger partial charge is 0.508 e. The molecule has 4 N–H and O–H groups in total. The number of benzene rings is 1. The third-order valence-electron chi connectivity index (χ3n) is 2.04. The molecule has 0 spiro atoms. The van der Waals surface area contributed by atoms with Gasteiger partial charge in [-0.2, -0.15) is 0 Å². The first-order valence-electron chi connectivity index (χ1n) is 4.99. The van der Waals surface area contributed by atoms with Crippen LogP contribution >= 0.6 is 0 Å². The average molecular weight is 258 g/mol. The van der Waals surface area contributed by atoms with E-state index in [9.17, 15) is 13.2 Å². The smallest absolute Gasteiger partial charge is 0.240 e. The van der Waals surface area contributed by atoms with Gasteiger partial charge in [0, 0.05) is 13.0 Å². The van der Waals surface area contributed by atoms with Gasteiger partial charge in [-0.05, 0) is 30.7 Å². The van der Waals surface area contributed by atoms with E-state index in [0.29, 0.717) is 6.42 Å². The second-order valence-corrected chi connectivity index (χ2v) is 5.23. The van der Waals surface area contributed by atoms with Crippen molar-refractivity contribution in [3.8, 4) is 5.75 Å². The molecule has 0 aliphatic rings. The summed E-state index contributed by atoms with van der Waals surface area (Å²) in [6, 6.07) is 5.17. The number of rotatable bonds is 6. The molecule has 7 heteroatoms. The zero-order valence-electron chi connectivity index (χ0n) is 9.09. The van der Waals surface area contributed by atoms with Crippen molar-refractivity contribution in [3.63, 3.8) is 0 Å². The number of amides is 1. The van der Waals surface area contributed by atoms with Crippen LogP contribution in [-0.2, 0) is 14.8 Å². The van der Waals surface area contributed by atoms with Crippen LogP contribution in [0.3, 0.4) is 0 Å². The highest BCUT2D eigenvalue weighted by molar-refractivity contribution is 7.89. The topological polar surface area (TPSA) is 109 Å². The minimum Gasteiger partial charge on any atom is -0.508 e. The van der Waals surface area contributed by atoms with Gasteiger partial charge in [-0.3, -0.25) is 4.79 Å². The molecule has 0 heterocycles. The van der Waals surface area contributed by atoms with Crippen molar-refractivity contribution in [2.75, 3.05) is 6.54 Å². The number of hydrogen-bond acceptors (Lipinski definition) is 4. The minimum atomic E-state index is -3.59. The van der Waals surface area contributed by atoms with Gasteiger partial charge in [0.15, 0.2) is 0 Å². The van der Waals surface area contributed by atoms with E-state index in [1.165, 1.54) is 24.3 Å². The molecule has 0 aliphatic carbocycles. The lowest BCUT2D eigenvalue weighted by Crippen LogP contribution is -2.25. The van der Waals surface area contributed by atoms with E-state index >= 15 is 0 Å². The van der Waals surface area contributed by atoms with Crippen molar-refractivity contribution in [1.82, 2.24) is 4.72 Å². The molecule has 94 valence electrons. The van der Waals surface area contributed by atoms with Gasteiger partial charge in [-0.1, -0.05) is 0 Å². The van der Waals surface area contributed by atoms with Crippen molar-refractivity contribution < 1.29 is 18.3 Å². The summed E-state index contributed by atoms with van der Waals surface area (Å²) < 4.78 is 25.7. The molecule has 1 aromatic carbocycles. The number of nitrogens with one attached hydrogen (secondary N) is 1. The van der Waals surface area contributed by atoms with Gasteiger partial charge in [-0.25, -0.2) is 13.1 Å². The molecule has 1 rings (SSSR count). The standard InChI is InChI=1S/C10H14N2O4S/c11-10(14)2-1-7-12-17(15,16)9-5-3-8(13)4-6-9/h3-6,12-13H,1-2,7H2,(H2,11,14). The Morgan fingerprint density at radius 3 is 2.41 bits per heavy atom. The van der Waals surface area contributed by atoms with E-state index in [1.807, 2.05) is 0 Å². The Balaban J connectivity index is 2.57. The Labute approximate surface area is 99.5 Å². The highest BCUT2D eigenvalue weighted by Crippen LogP contribution is 2.13. The number of phenolic OH excluding ortho intramolecular Hbond substituents is 1. The second-order valence-electron chi connectivity index (χ2n) is 3.46. The van der Waals surface area contributed by atoms with Crippen molar-refractivity contribution in [1.29, 1.82) is 0 Å². The highest BCUT2D eigenvalue weighted by atomic mass is 32.2. The van der Waals surface area contributed by atoms with Crippen LogP contribution in [0.4, 0.5) is 0 Å². The maximum absolute atomic E-state index is 11.7. The zero-order valence-corrected chi connectivity index (χ0v) is 9.90. The molecule has 1 amide bonds. The molecule has 1 aromatic rings. The van der Waals surface area contributed by atoms with Gasteiger partial charge >= 0.3 is 0 Å². The Morgan fingerprint density at radius 1 is 1.29 bits per heavy atom. The summed E-state index contributed by atoms with van der Waals surface area (Å²) in [7, 11) is -3.59. The molecule has 0 bridgehead atoms. The first-order valence-corrected chi connectivity index (χ1v) is 6.47. The number of nitrogens with two attached hydrogens (primary N) is 1. The van der Waals surface area contributed by atoms with Gasteiger partial charge in [0.05, 0.1) is 4.90 Å². The van der Waals surface area contributed by atoms with E-state index < -0.39 is 15.9 Å². The first kappa shape index (κ1) is 13.5. The van der Waals surface area contributed by atoms with Crippen molar-refractivity contribution >= 4 is 15.9 Å². The summed E-state index contributed by atoms with van der Waals surface area (Å²) in [5, 5.41) is 9.03. The third kappa shape index (κ3) is 4.41. The number of phenols is 1. The third-order valence-corrected chi connectivity index (χ3v) is 3.52. The molecule has 0 saturated carbocycles. The van der Waals surface area contributed by atoms with Crippen molar-refractivity contribution in [2.24, 2.45) is 5.73 Å². The molecule has 6 nitrogen and oxygen atoms in total. The van der Waals surface area contributed by atoms with Crippen molar-refractivity contribution in [2.45, 2.75) is 17.7 Å². The zero-order chi connectivity index (χ0) is 12.9. The molecule has 0 unspecified atom stereocenters. The molecular weight excluding hydrogens is 244 g/mol. The Kier molecular flexibility index (Phi) is 4.47. The van der Waals surface area contributed by atoms with Crippen LogP contribution in [0, 0.1) is 0 Å². The predicted octanol–water partition coefficient (Wildman–Crippen LogP) is -0.0640. The first-order chi connectivity index (χ1) is 7.92. The fraction of sp³-hybridized carbons (Fsp3) is 0.300. The normalized spacial score (nSPS) is 11.3. The van der Waals surface area contributed by atoms with Crippen LogP contribution in [0.2, 0.25) is 0 Å². The lowest BCUT2D eigenvalue weighted by atomic mass is 10.3. The minimum absolute atomic E-state index is 0.00215. The molecular formula is C10H14N2O4S. The molecule has 17 heavy (non-hydrogen) atoms. The van der Waals surface area contributed by atoms with Crippen LogP contribution in [0.5, 0.6) is 5.75 Å². The Hall–Kier alpha value is -1.60. The molecule has 0 radical (unpaired) electrons. The summed E-state index contributed by atoms with van der Waals surface area (Å²) in [4.78, 5) is 10.5.